The molecule has 36 heavy (non-hydrogen) atoms. The number of nitrogens with zero attached hydrogens (tertiary/aromatic N) is 2. The van der Waals surface area contributed by atoms with Crippen molar-refractivity contribution < 1.29 is 24.4 Å². The Morgan fingerprint density at radius 2 is 1.78 bits per heavy atom. The number of carbonyl (C=O) groups excluding carboxylic acids is 1. The van der Waals surface area contributed by atoms with E-state index in [4.69, 9.17) is 4.74 Å². The summed E-state index contributed by atoms with van der Waals surface area (Å²) in [6.07, 6.45) is 3.45. The van der Waals surface area contributed by atoms with Crippen molar-refractivity contribution in [2.45, 2.75) is 70.8 Å². The second-order valence-electron chi connectivity index (χ2n) is 10.1. The van der Waals surface area contributed by atoms with Crippen LogP contribution in [0.3, 0.4) is 0 Å². The Balaban J connectivity index is 1.86. The second-order valence-corrected chi connectivity index (χ2v) is 10.1. The quantitative estimate of drug-likeness (QED) is 0.239. The number of benzene rings is 2. The maximum atomic E-state index is 12.1. The molecule has 0 heterocycles. The van der Waals surface area contributed by atoms with Crippen LogP contribution in [0.2, 0.25) is 0 Å². The van der Waals surface area contributed by atoms with Crippen LogP contribution in [0.5, 0.6) is 0 Å². The van der Waals surface area contributed by atoms with Gasteiger partial charge in [0, 0.05) is 18.7 Å². The molecule has 1 aliphatic rings. The number of aromatic carboxylic acids is 1. The van der Waals surface area contributed by atoms with Gasteiger partial charge in [-0.25, -0.2) is 4.79 Å². The van der Waals surface area contributed by atoms with E-state index in [0.717, 1.165) is 36.8 Å². The summed E-state index contributed by atoms with van der Waals surface area (Å²) in [5.41, 5.74) is 2.59. The van der Waals surface area contributed by atoms with Crippen LogP contribution in [0, 0.1) is 16.0 Å². The minimum atomic E-state index is -0.911. The van der Waals surface area contributed by atoms with Crippen molar-refractivity contribution in [2.24, 2.45) is 5.92 Å². The van der Waals surface area contributed by atoms with E-state index in [9.17, 15) is 24.8 Å². The van der Waals surface area contributed by atoms with Crippen LogP contribution in [0.25, 0.3) is 0 Å². The van der Waals surface area contributed by atoms with Crippen molar-refractivity contribution in [1.82, 2.24) is 0 Å². The lowest BCUT2D eigenvalue weighted by atomic mass is 9.79. The maximum absolute atomic E-state index is 12.1. The van der Waals surface area contributed by atoms with Gasteiger partial charge >= 0.3 is 11.9 Å². The van der Waals surface area contributed by atoms with E-state index in [2.05, 4.69) is 18.7 Å². The summed E-state index contributed by atoms with van der Waals surface area (Å²) in [4.78, 5) is 37.3. The lowest BCUT2D eigenvalue weighted by Crippen LogP contribution is -2.40. The monoisotopic (exact) mass is 496 g/mol. The van der Waals surface area contributed by atoms with Crippen LogP contribution in [-0.2, 0) is 9.53 Å². The highest BCUT2D eigenvalue weighted by Gasteiger charge is 2.32. The first-order valence-corrected chi connectivity index (χ1v) is 12.6. The molecule has 1 N–H and O–H groups in total. The first kappa shape index (κ1) is 27.2. The number of anilines is 1. The van der Waals surface area contributed by atoms with Crippen molar-refractivity contribution >= 4 is 23.3 Å². The predicted octanol–water partition coefficient (Wildman–Crippen LogP) is 6.15. The van der Waals surface area contributed by atoms with Gasteiger partial charge in [-0.3, -0.25) is 14.9 Å². The first-order valence-electron chi connectivity index (χ1n) is 12.6. The van der Waals surface area contributed by atoms with Gasteiger partial charge in [0.15, 0.2) is 0 Å². The Morgan fingerprint density at radius 1 is 1.11 bits per heavy atom. The Morgan fingerprint density at radius 3 is 2.36 bits per heavy atom. The van der Waals surface area contributed by atoms with Crippen LogP contribution < -0.4 is 4.90 Å². The highest BCUT2D eigenvalue weighted by Crippen LogP contribution is 2.40. The van der Waals surface area contributed by atoms with E-state index in [1.807, 2.05) is 31.2 Å². The van der Waals surface area contributed by atoms with Gasteiger partial charge in [-0.05, 0) is 66.7 Å². The molecule has 0 saturated heterocycles. The van der Waals surface area contributed by atoms with Crippen LogP contribution in [-0.4, -0.2) is 41.7 Å². The Kier molecular flexibility index (Phi) is 9.07. The lowest BCUT2D eigenvalue weighted by Gasteiger charge is -2.39. The fourth-order valence-corrected chi connectivity index (χ4v) is 5.27. The average molecular weight is 497 g/mol. The summed E-state index contributed by atoms with van der Waals surface area (Å²) in [5, 5.41) is 21.7. The van der Waals surface area contributed by atoms with Gasteiger partial charge in [0.05, 0.1) is 24.0 Å². The van der Waals surface area contributed by atoms with E-state index in [1.54, 1.807) is 18.2 Å². The number of carboxylic acids is 1. The van der Waals surface area contributed by atoms with Gasteiger partial charge in [-0.2, -0.15) is 0 Å². The molecule has 0 bridgehead atoms. The SMILES string of the molecule is COC(=O)C[C@@H](C)c1ccc(N(CC(C)C)C2CCC(c3ccccc3C(=O)O)CC2)c([N+](=O)[O-])c1. The molecule has 0 aromatic heterocycles. The number of carbonyl (C=O) groups is 2. The van der Waals surface area contributed by atoms with Crippen LogP contribution in [0.1, 0.15) is 86.2 Å². The average Bonchev–Trinajstić information content (AvgIpc) is 2.86. The summed E-state index contributed by atoms with van der Waals surface area (Å²) in [6, 6.07) is 12.6. The maximum Gasteiger partial charge on any atom is 0.335 e. The summed E-state index contributed by atoms with van der Waals surface area (Å²) in [5.74, 6) is -1.00. The third kappa shape index (κ3) is 6.42. The molecule has 0 unspecified atom stereocenters. The minimum absolute atomic E-state index is 0.0446. The zero-order valence-corrected chi connectivity index (χ0v) is 21.5. The normalized spacial score (nSPS) is 18.5. The summed E-state index contributed by atoms with van der Waals surface area (Å²) >= 11 is 0. The molecule has 0 radical (unpaired) electrons. The molecule has 8 nitrogen and oxygen atoms in total. The van der Waals surface area contributed by atoms with Crippen LogP contribution >= 0.6 is 0 Å². The topological polar surface area (TPSA) is 110 Å². The molecule has 2 aromatic rings. The van der Waals surface area contributed by atoms with E-state index < -0.39 is 5.97 Å². The second kappa shape index (κ2) is 12.0. The molecule has 1 saturated carbocycles. The standard InChI is InChI=1S/C28H36N2O6/c1-18(2)17-29(22-12-9-20(10-13-22)23-7-5-6-8-24(23)28(32)33)25-14-11-21(16-26(25)30(34)35)19(3)15-27(31)36-4/h5-8,11,14,16,18-20,22H,9-10,12-13,15,17H2,1-4H3,(H,32,33)/t19-,20?,22?/m1/s1. The van der Waals surface area contributed by atoms with E-state index in [1.165, 1.54) is 7.11 Å². The third-order valence-electron chi connectivity index (χ3n) is 7.11. The van der Waals surface area contributed by atoms with Gasteiger partial charge in [-0.15, -0.1) is 0 Å². The minimum Gasteiger partial charge on any atom is -0.478 e. The Labute approximate surface area is 212 Å². The number of nitro groups is 1. The van der Waals surface area contributed by atoms with Crippen molar-refractivity contribution in [1.29, 1.82) is 0 Å². The summed E-state index contributed by atoms with van der Waals surface area (Å²) in [7, 11) is 1.33. The molecule has 194 valence electrons. The molecule has 3 rings (SSSR count). The van der Waals surface area contributed by atoms with Gasteiger partial charge in [0.1, 0.15) is 5.69 Å². The number of hydrogen-bond acceptors (Lipinski definition) is 6. The number of rotatable bonds is 10. The Hall–Kier alpha value is -3.42. The van der Waals surface area contributed by atoms with Crippen LogP contribution in [0.15, 0.2) is 42.5 Å². The molecular weight excluding hydrogens is 460 g/mol. The number of methoxy groups -OCH3 is 1. The highest BCUT2D eigenvalue weighted by atomic mass is 16.6. The summed E-state index contributed by atoms with van der Waals surface area (Å²) in [6.45, 7) is 6.73. The third-order valence-corrected chi connectivity index (χ3v) is 7.11. The lowest BCUT2D eigenvalue weighted by molar-refractivity contribution is -0.384. The zero-order chi connectivity index (χ0) is 26.4. The largest absolute Gasteiger partial charge is 0.478 e. The molecule has 1 fully saturated rings. The fraction of sp³-hybridized carbons (Fsp3) is 0.500. The first-order chi connectivity index (χ1) is 17.1. The van der Waals surface area contributed by atoms with E-state index in [0.29, 0.717) is 23.7 Å². The van der Waals surface area contributed by atoms with Crippen LogP contribution in [0.4, 0.5) is 11.4 Å². The molecule has 1 aliphatic carbocycles. The van der Waals surface area contributed by atoms with Crippen molar-refractivity contribution in [2.75, 3.05) is 18.6 Å². The predicted molar refractivity (Wildman–Crippen MR) is 139 cm³/mol. The van der Waals surface area contributed by atoms with Crippen molar-refractivity contribution in [3.8, 4) is 0 Å². The molecule has 8 heteroatoms. The van der Waals surface area contributed by atoms with Gasteiger partial charge in [0.25, 0.3) is 5.69 Å². The van der Waals surface area contributed by atoms with Gasteiger partial charge in [0.2, 0.25) is 0 Å². The Bertz CT molecular complexity index is 1090. The zero-order valence-electron chi connectivity index (χ0n) is 21.5. The molecule has 0 amide bonds. The number of hydrogen-bond donors (Lipinski definition) is 1. The number of ether oxygens (including phenoxy) is 1. The number of esters is 1. The fourth-order valence-electron chi connectivity index (χ4n) is 5.27. The molecule has 0 spiro atoms. The molecular formula is C28H36N2O6. The van der Waals surface area contributed by atoms with Gasteiger partial charge < -0.3 is 14.7 Å². The molecule has 1 atom stereocenters. The highest BCUT2D eigenvalue weighted by molar-refractivity contribution is 5.89. The number of carboxylic acid groups (broad SMARTS) is 1. The van der Waals surface area contributed by atoms with Gasteiger partial charge in [-0.1, -0.05) is 45.0 Å². The van der Waals surface area contributed by atoms with E-state index in [-0.39, 0.29) is 40.9 Å². The van der Waals surface area contributed by atoms with E-state index >= 15 is 0 Å². The smallest absolute Gasteiger partial charge is 0.335 e. The van der Waals surface area contributed by atoms with Crippen molar-refractivity contribution in [3.63, 3.8) is 0 Å². The summed E-state index contributed by atoms with van der Waals surface area (Å²) < 4.78 is 4.75. The molecule has 0 aliphatic heterocycles. The van der Waals surface area contributed by atoms with Crippen molar-refractivity contribution in [3.05, 3.63) is 69.3 Å². The number of nitro benzene ring substituents is 1. The molecule has 2 aromatic carbocycles.